The molecule has 0 spiro atoms. The predicted molar refractivity (Wildman–Crippen MR) is 132 cm³/mol. The number of sulfonamides is 1. The van der Waals surface area contributed by atoms with Gasteiger partial charge < -0.3 is 9.80 Å². The Kier molecular flexibility index (Phi) is 6.91. The number of anilines is 2. The van der Waals surface area contributed by atoms with Crippen LogP contribution in [0.3, 0.4) is 0 Å². The van der Waals surface area contributed by atoms with E-state index in [1.165, 1.54) is 28.6 Å². The highest BCUT2D eigenvalue weighted by Crippen LogP contribution is 2.25. The first-order valence-electron chi connectivity index (χ1n) is 10.8. The number of carbonyl (C=O) groups excluding carboxylic acids is 1. The van der Waals surface area contributed by atoms with E-state index in [1.54, 1.807) is 17.0 Å². The van der Waals surface area contributed by atoms with E-state index >= 15 is 0 Å². The molecule has 4 rings (SSSR count). The second kappa shape index (κ2) is 9.85. The van der Waals surface area contributed by atoms with Gasteiger partial charge in [-0.3, -0.25) is 9.10 Å². The smallest absolute Gasteiger partial charge is 0.264 e. The lowest BCUT2D eigenvalue weighted by molar-refractivity contribution is -0.129. The quantitative estimate of drug-likeness (QED) is 0.527. The zero-order chi connectivity index (χ0) is 23.4. The molecule has 6 nitrogen and oxygen atoms in total. The summed E-state index contributed by atoms with van der Waals surface area (Å²) in [6.45, 7) is 4.14. The highest BCUT2D eigenvalue weighted by atomic mass is 35.5. The second-order valence-corrected chi connectivity index (χ2v) is 10.3. The Hall–Kier alpha value is -3.03. The van der Waals surface area contributed by atoms with E-state index < -0.39 is 10.0 Å². The van der Waals surface area contributed by atoms with Gasteiger partial charge in [0, 0.05) is 36.9 Å². The summed E-state index contributed by atoms with van der Waals surface area (Å²) in [6.07, 6.45) is 0. The van der Waals surface area contributed by atoms with Crippen LogP contribution in [0.2, 0.25) is 5.02 Å². The summed E-state index contributed by atoms with van der Waals surface area (Å²) in [7, 11) is -3.95. The first kappa shape index (κ1) is 23.1. The van der Waals surface area contributed by atoms with Crippen LogP contribution in [0.15, 0.2) is 83.8 Å². The van der Waals surface area contributed by atoms with Gasteiger partial charge >= 0.3 is 0 Å². The van der Waals surface area contributed by atoms with Gasteiger partial charge in [-0.2, -0.15) is 0 Å². The van der Waals surface area contributed by atoms with Crippen molar-refractivity contribution < 1.29 is 13.2 Å². The van der Waals surface area contributed by atoms with Gasteiger partial charge in [-0.25, -0.2) is 8.42 Å². The first-order chi connectivity index (χ1) is 15.8. The molecular formula is C25H26ClN3O3S. The van der Waals surface area contributed by atoms with Crippen molar-refractivity contribution in [2.75, 3.05) is 41.9 Å². The van der Waals surface area contributed by atoms with E-state index in [4.69, 9.17) is 11.6 Å². The molecule has 0 aromatic heterocycles. The van der Waals surface area contributed by atoms with Crippen LogP contribution in [0.5, 0.6) is 0 Å². The molecule has 1 amide bonds. The summed E-state index contributed by atoms with van der Waals surface area (Å²) in [6, 6.07) is 23.2. The molecule has 8 heteroatoms. The minimum absolute atomic E-state index is 0.0918. The molecule has 0 atom stereocenters. The van der Waals surface area contributed by atoms with Crippen LogP contribution in [0, 0.1) is 6.92 Å². The molecule has 1 saturated heterocycles. The zero-order valence-corrected chi connectivity index (χ0v) is 20.0. The van der Waals surface area contributed by atoms with Crippen molar-refractivity contribution in [1.82, 2.24) is 4.90 Å². The van der Waals surface area contributed by atoms with Gasteiger partial charge in [-0.1, -0.05) is 47.5 Å². The fraction of sp³-hybridized carbons (Fsp3) is 0.240. The fourth-order valence-corrected chi connectivity index (χ4v) is 5.38. The summed E-state index contributed by atoms with van der Waals surface area (Å²) in [5.41, 5.74) is 2.58. The predicted octanol–water partition coefficient (Wildman–Crippen LogP) is 4.19. The monoisotopic (exact) mass is 483 g/mol. The molecule has 1 aliphatic rings. The Bertz CT molecular complexity index is 1190. The number of aryl methyl sites for hydroxylation is 1. The number of rotatable bonds is 6. The van der Waals surface area contributed by atoms with Crippen LogP contribution < -0.4 is 9.21 Å². The Morgan fingerprint density at radius 2 is 1.48 bits per heavy atom. The third kappa shape index (κ3) is 5.31. The maximum atomic E-state index is 13.5. The van der Waals surface area contributed by atoms with Crippen molar-refractivity contribution >= 4 is 38.9 Å². The van der Waals surface area contributed by atoms with Crippen LogP contribution >= 0.6 is 11.6 Å². The molecule has 1 heterocycles. The largest absolute Gasteiger partial charge is 0.368 e. The molecule has 0 aliphatic carbocycles. The molecule has 3 aromatic rings. The average Bonchev–Trinajstić information content (AvgIpc) is 2.84. The zero-order valence-electron chi connectivity index (χ0n) is 18.4. The van der Waals surface area contributed by atoms with E-state index in [9.17, 15) is 13.2 Å². The van der Waals surface area contributed by atoms with Crippen molar-refractivity contribution in [2.24, 2.45) is 0 Å². The number of piperazine rings is 1. The third-order valence-corrected chi connectivity index (χ3v) is 7.80. The minimum Gasteiger partial charge on any atom is -0.368 e. The highest BCUT2D eigenvalue weighted by Gasteiger charge is 2.30. The highest BCUT2D eigenvalue weighted by molar-refractivity contribution is 7.92. The number of hydrogen-bond donors (Lipinski definition) is 0. The molecule has 33 heavy (non-hydrogen) atoms. The lowest BCUT2D eigenvalue weighted by atomic mass is 10.2. The molecule has 172 valence electrons. The van der Waals surface area contributed by atoms with Crippen LogP contribution in [0.25, 0.3) is 0 Å². The van der Waals surface area contributed by atoms with Gasteiger partial charge in [0.1, 0.15) is 6.54 Å². The number of halogens is 1. The summed E-state index contributed by atoms with van der Waals surface area (Å²) in [5, 5.41) is 0.447. The molecule has 1 fully saturated rings. The molecule has 0 bridgehead atoms. The van der Waals surface area contributed by atoms with Crippen LogP contribution in [0.4, 0.5) is 11.4 Å². The second-order valence-electron chi connectivity index (χ2n) is 8.00. The number of hydrogen-bond acceptors (Lipinski definition) is 4. The molecule has 0 N–H and O–H groups in total. The normalized spacial score (nSPS) is 14.2. The molecular weight excluding hydrogens is 458 g/mol. The molecule has 3 aromatic carbocycles. The summed E-state index contributed by atoms with van der Waals surface area (Å²) < 4.78 is 28.2. The van der Waals surface area contributed by atoms with E-state index in [0.29, 0.717) is 36.9 Å². The average molecular weight is 484 g/mol. The number of para-hydroxylation sites is 1. The number of carbonyl (C=O) groups is 1. The van der Waals surface area contributed by atoms with E-state index in [2.05, 4.69) is 17.0 Å². The van der Waals surface area contributed by atoms with Gasteiger partial charge in [-0.15, -0.1) is 0 Å². The SMILES string of the molecule is Cc1ccc(N(CC(=O)N2CCN(c3ccccc3)CC2)S(=O)(=O)c2ccc(Cl)cc2)cc1. The van der Waals surface area contributed by atoms with Crippen molar-refractivity contribution in [1.29, 1.82) is 0 Å². The van der Waals surface area contributed by atoms with Gasteiger partial charge in [-0.05, 0) is 55.5 Å². The summed E-state index contributed by atoms with van der Waals surface area (Å²) in [5.74, 6) is -0.221. The van der Waals surface area contributed by atoms with Gasteiger partial charge in [0.05, 0.1) is 10.6 Å². The third-order valence-electron chi connectivity index (χ3n) is 5.76. The molecule has 1 aliphatic heterocycles. The van der Waals surface area contributed by atoms with Crippen molar-refractivity contribution in [3.05, 3.63) is 89.4 Å². The summed E-state index contributed by atoms with van der Waals surface area (Å²) in [4.78, 5) is 17.3. The van der Waals surface area contributed by atoms with Gasteiger partial charge in [0.2, 0.25) is 5.91 Å². The first-order valence-corrected chi connectivity index (χ1v) is 12.6. The maximum Gasteiger partial charge on any atom is 0.264 e. The number of benzene rings is 3. The van der Waals surface area contributed by atoms with Crippen LogP contribution in [-0.2, 0) is 14.8 Å². The van der Waals surface area contributed by atoms with E-state index in [-0.39, 0.29) is 17.3 Å². The molecule has 0 radical (unpaired) electrons. The van der Waals surface area contributed by atoms with E-state index in [0.717, 1.165) is 11.3 Å². The van der Waals surface area contributed by atoms with Crippen LogP contribution in [0.1, 0.15) is 5.56 Å². The van der Waals surface area contributed by atoms with Crippen molar-refractivity contribution in [2.45, 2.75) is 11.8 Å². The van der Waals surface area contributed by atoms with Crippen molar-refractivity contribution in [3.63, 3.8) is 0 Å². The Labute approximate surface area is 200 Å². The number of amides is 1. The van der Waals surface area contributed by atoms with Crippen LogP contribution in [-0.4, -0.2) is 51.9 Å². The Morgan fingerprint density at radius 3 is 2.09 bits per heavy atom. The van der Waals surface area contributed by atoms with Crippen molar-refractivity contribution in [3.8, 4) is 0 Å². The minimum atomic E-state index is -3.95. The number of nitrogens with zero attached hydrogens (tertiary/aromatic N) is 3. The maximum absolute atomic E-state index is 13.5. The van der Waals surface area contributed by atoms with Gasteiger partial charge in [0.25, 0.3) is 10.0 Å². The van der Waals surface area contributed by atoms with Gasteiger partial charge in [0.15, 0.2) is 0 Å². The lowest BCUT2D eigenvalue weighted by Crippen LogP contribution is -2.52. The molecule has 0 unspecified atom stereocenters. The van der Waals surface area contributed by atoms with E-state index in [1.807, 2.05) is 37.3 Å². The fourth-order valence-electron chi connectivity index (χ4n) is 3.84. The standard InChI is InChI=1S/C25H26ClN3O3S/c1-20-7-11-23(12-8-20)29(33(31,32)24-13-9-21(26)10-14-24)19-25(30)28-17-15-27(16-18-28)22-5-3-2-4-6-22/h2-14H,15-19H2,1H3. The topological polar surface area (TPSA) is 60.9 Å². The Morgan fingerprint density at radius 1 is 0.879 bits per heavy atom. The lowest BCUT2D eigenvalue weighted by Gasteiger charge is -2.37. The Balaban J connectivity index is 1.54. The summed E-state index contributed by atoms with van der Waals surface area (Å²) >= 11 is 5.94. The molecule has 0 saturated carbocycles.